The van der Waals surface area contributed by atoms with Crippen LogP contribution < -0.4 is 5.32 Å². The first kappa shape index (κ1) is 12.3. The highest BCUT2D eigenvalue weighted by Crippen LogP contribution is 2.17. The van der Waals surface area contributed by atoms with Gasteiger partial charge in [-0.15, -0.1) is 0 Å². The average molecular weight is 295 g/mol. The van der Waals surface area contributed by atoms with Crippen molar-refractivity contribution >= 4 is 32.8 Å². The van der Waals surface area contributed by atoms with Gasteiger partial charge in [0.1, 0.15) is 5.82 Å². The molecule has 5 heteroatoms. The minimum Gasteiger partial charge on any atom is -0.367 e. The van der Waals surface area contributed by atoms with E-state index >= 15 is 0 Å². The lowest BCUT2D eigenvalue weighted by Crippen LogP contribution is -2.21. The second kappa shape index (κ2) is 5.42. The van der Waals surface area contributed by atoms with E-state index in [1.807, 2.05) is 32.3 Å². The summed E-state index contributed by atoms with van der Waals surface area (Å²) in [5.41, 5.74) is 1.81. The second-order valence-electron chi connectivity index (χ2n) is 4.12. The molecule has 0 aliphatic carbocycles. The van der Waals surface area contributed by atoms with E-state index in [9.17, 15) is 0 Å². The van der Waals surface area contributed by atoms with Gasteiger partial charge in [-0.1, -0.05) is 15.9 Å². The number of aromatic nitrogens is 2. The smallest absolute Gasteiger partial charge is 0.145 e. The zero-order chi connectivity index (χ0) is 12.3. The molecule has 0 aliphatic rings. The fraction of sp³-hybridized carbons (Fsp3) is 0.333. The van der Waals surface area contributed by atoms with Gasteiger partial charge in [0, 0.05) is 17.6 Å². The normalized spacial score (nSPS) is 11.1. The Labute approximate surface area is 109 Å². The molecule has 0 spiro atoms. The summed E-state index contributed by atoms with van der Waals surface area (Å²) in [6.45, 7) is 1.83. The Morgan fingerprint density at radius 1 is 1.29 bits per heavy atom. The highest BCUT2D eigenvalue weighted by molar-refractivity contribution is 9.10. The van der Waals surface area contributed by atoms with Gasteiger partial charge in [-0.2, -0.15) is 0 Å². The lowest BCUT2D eigenvalue weighted by Gasteiger charge is -2.10. The molecular formula is C12H15BrN4. The number of nitrogens with one attached hydrogen (secondary N) is 1. The molecule has 0 saturated carbocycles. The third kappa shape index (κ3) is 3.38. The number of nitrogens with zero attached hydrogens (tertiary/aromatic N) is 3. The van der Waals surface area contributed by atoms with Crippen LogP contribution >= 0.6 is 15.9 Å². The number of likely N-dealkylation sites (N-methyl/N-ethyl adjacent to an activating group) is 1. The summed E-state index contributed by atoms with van der Waals surface area (Å²) >= 11 is 3.43. The van der Waals surface area contributed by atoms with Gasteiger partial charge in [0.25, 0.3) is 0 Å². The predicted molar refractivity (Wildman–Crippen MR) is 74.3 cm³/mol. The molecule has 0 aliphatic heterocycles. The number of hydrogen-bond donors (Lipinski definition) is 1. The molecular weight excluding hydrogens is 280 g/mol. The summed E-state index contributed by atoms with van der Waals surface area (Å²) in [5, 5.41) is 3.26. The predicted octanol–water partition coefficient (Wildman–Crippen LogP) is 2.37. The highest BCUT2D eigenvalue weighted by Gasteiger charge is 2.00. The fourth-order valence-electron chi connectivity index (χ4n) is 1.48. The Morgan fingerprint density at radius 3 is 2.88 bits per heavy atom. The van der Waals surface area contributed by atoms with E-state index in [1.165, 1.54) is 0 Å². The largest absolute Gasteiger partial charge is 0.367 e. The minimum absolute atomic E-state index is 0.817. The molecule has 0 atom stereocenters. The molecule has 1 aromatic heterocycles. The van der Waals surface area contributed by atoms with Gasteiger partial charge >= 0.3 is 0 Å². The SMILES string of the molecule is CN(C)CCNc1cnc2ccc(Br)cc2n1. The van der Waals surface area contributed by atoms with Crippen molar-refractivity contribution in [1.82, 2.24) is 14.9 Å². The van der Waals surface area contributed by atoms with Gasteiger partial charge in [0.2, 0.25) is 0 Å². The Hall–Kier alpha value is -1.20. The van der Waals surface area contributed by atoms with Gasteiger partial charge in [-0.3, -0.25) is 4.98 Å². The van der Waals surface area contributed by atoms with Crippen LogP contribution in [0.3, 0.4) is 0 Å². The Bertz CT molecular complexity index is 513. The molecule has 0 fully saturated rings. The summed E-state index contributed by atoms with van der Waals surface area (Å²) < 4.78 is 1.02. The zero-order valence-corrected chi connectivity index (χ0v) is 11.5. The number of fused-ring (bicyclic) bond motifs is 1. The van der Waals surface area contributed by atoms with Crippen LogP contribution in [0.4, 0.5) is 5.82 Å². The maximum atomic E-state index is 4.51. The molecule has 1 aromatic carbocycles. The molecule has 0 amide bonds. The number of anilines is 1. The quantitative estimate of drug-likeness (QED) is 0.940. The van der Waals surface area contributed by atoms with Gasteiger partial charge in [0.15, 0.2) is 0 Å². The van der Waals surface area contributed by atoms with E-state index < -0.39 is 0 Å². The molecule has 1 heterocycles. The molecule has 2 aromatic rings. The summed E-state index contributed by atoms with van der Waals surface area (Å²) in [4.78, 5) is 11.0. The van der Waals surface area contributed by atoms with Crippen LogP contribution in [0.5, 0.6) is 0 Å². The van der Waals surface area contributed by atoms with Crippen molar-refractivity contribution in [1.29, 1.82) is 0 Å². The van der Waals surface area contributed by atoms with Crippen molar-refractivity contribution in [2.45, 2.75) is 0 Å². The molecule has 1 N–H and O–H groups in total. The third-order valence-electron chi connectivity index (χ3n) is 2.37. The minimum atomic E-state index is 0.817. The van der Waals surface area contributed by atoms with Crippen LogP contribution in [-0.4, -0.2) is 42.1 Å². The monoisotopic (exact) mass is 294 g/mol. The Morgan fingerprint density at radius 2 is 2.12 bits per heavy atom. The topological polar surface area (TPSA) is 41.0 Å². The number of benzene rings is 1. The highest BCUT2D eigenvalue weighted by atomic mass is 79.9. The van der Waals surface area contributed by atoms with Crippen molar-refractivity contribution in [2.75, 3.05) is 32.5 Å². The van der Waals surface area contributed by atoms with E-state index in [-0.39, 0.29) is 0 Å². The molecule has 90 valence electrons. The van der Waals surface area contributed by atoms with E-state index in [1.54, 1.807) is 6.20 Å². The first-order valence-corrected chi connectivity index (χ1v) is 6.25. The van der Waals surface area contributed by atoms with Gasteiger partial charge in [0.05, 0.1) is 17.2 Å². The van der Waals surface area contributed by atoms with E-state index in [4.69, 9.17) is 0 Å². The van der Waals surface area contributed by atoms with Crippen molar-refractivity contribution in [2.24, 2.45) is 0 Å². The zero-order valence-electron chi connectivity index (χ0n) is 9.94. The van der Waals surface area contributed by atoms with Gasteiger partial charge in [-0.25, -0.2) is 4.98 Å². The Kier molecular flexibility index (Phi) is 3.91. The van der Waals surface area contributed by atoms with Crippen LogP contribution in [0.2, 0.25) is 0 Å². The molecule has 0 saturated heterocycles. The molecule has 0 bridgehead atoms. The van der Waals surface area contributed by atoms with Crippen molar-refractivity contribution < 1.29 is 0 Å². The first-order chi connectivity index (χ1) is 8.15. The van der Waals surface area contributed by atoms with E-state index in [0.29, 0.717) is 0 Å². The maximum absolute atomic E-state index is 4.51. The standard InChI is InChI=1S/C12H15BrN4/c1-17(2)6-5-14-12-8-15-10-4-3-9(13)7-11(10)16-12/h3-4,7-8H,5-6H2,1-2H3,(H,14,16). The number of rotatable bonds is 4. The molecule has 0 unspecified atom stereocenters. The maximum Gasteiger partial charge on any atom is 0.145 e. The van der Waals surface area contributed by atoms with Crippen LogP contribution in [0.15, 0.2) is 28.9 Å². The first-order valence-electron chi connectivity index (χ1n) is 5.46. The fourth-order valence-corrected chi connectivity index (χ4v) is 1.83. The average Bonchev–Trinajstić information content (AvgIpc) is 2.28. The Balaban J connectivity index is 2.13. The van der Waals surface area contributed by atoms with Crippen LogP contribution in [0.1, 0.15) is 0 Å². The lowest BCUT2D eigenvalue weighted by molar-refractivity contribution is 0.425. The summed E-state index contributed by atoms with van der Waals surface area (Å²) in [5.74, 6) is 0.817. The number of hydrogen-bond acceptors (Lipinski definition) is 4. The van der Waals surface area contributed by atoms with Crippen molar-refractivity contribution in [3.8, 4) is 0 Å². The molecule has 17 heavy (non-hydrogen) atoms. The third-order valence-corrected chi connectivity index (χ3v) is 2.86. The van der Waals surface area contributed by atoms with Crippen LogP contribution in [0.25, 0.3) is 11.0 Å². The molecule has 4 nitrogen and oxygen atoms in total. The molecule has 2 rings (SSSR count). The molecule has 0 radical (unpaired) electrons. The second-order valence-corrected chi connectivity index (χ2v) is 5.03. The van der Waals surface area contributed by atoms with Crippen LogP contribution in [0, 0.1) is 0 Å². The van der Waals surface area contributed by atoms with Crippen molar-refractivity contribution in [3.05, 3.63) is 28.9 Å². The number of halogens is 1. The van der Waals surface area contributed by atoms with Gasteiger partial charge in [-0.05, 0) is 32.3 Å². The summed E-state index contributed by atoms with van der Waals surface area (Å²) in [6.07, 6.45) is 1.77. The lowest BCUT2D eigenvalue weighted by atomic mass is 10.3. The van der Waals surface area contributed by atoms with Crippen molar-refractivity contribution in [3.63, 3.8) is 0 Å². The summed E-state index contributed by atoms with van der Waals surface area (Å²) in [6, 6.07) is 5.89. The van der Waals surface area contributed by atoms with Crippen LogP contribution in [-0.2, 0) is 0 Å². The van der Waals surface area contributed by atoms with Gasteiger partial charge < -0.3 is 10.2 Å². The summed E-state index contributed by atoms with van der Waals surface area (Å²) in [7, 11) is 4.09. The van der Waals surface area contributed by atoms with E-state index in [0.717, 1.165) is 34.4 Å². The van der Waals surface area contributed by atoms with E-state index in [2.05, 4.69) is 36.1 Å².